The topological polar surface area (TPSA) is 61.5 Å². The zero-order valence-electron chi connectivity index (χ0n) is 6.93. The third-order valence-electron chi connectivity index (χ3n) is 1.88. The molecule has 2 aromatic heterocycles. The number of aryl methyl sites for hydroxylation is 2. The van der Waals surface area contributed by atoms with Gasteiger partial charge in [0.05, 0.1) is 16.6 Å². The maximum atomic E-state index is 11.2. The van der Waals surface area contributed by atoms with E-state index < -0.39 is 0 Å². The summed E-state index contributed by atoms with van der Waals surface area (Å²) in [5, 5.41) is 6.96. The summed E-state index contributed by atoms with van der Waals surface area (Å²) in [5.74, 6) is 0. The van der Waals surface area contributed by atoms with Gasteiger partial charge in [0.25, 0.3) is 5.56 Å². The molecule has 0 amide bonds. The molecule has 0 unspecified atom stereocenters. The minimum atomic E-state index is -0.139. The van der Waals surface area contributed by atoms with Crippen molar-refractivity contribution in [2.75, 3.05) is 0 Å². The number of aromatic nitrogens is 3. The number of aromatic amines is 2. The Balaban J connectivity index is 3.03. The summed E-state index contributed by atoms with van der Waals surface area (Å²) in [7, 11) is 0. The number of nitrogens with zero attached hydrogens (tertiary/aromatic N) is 1. The van der Waals surface area contributed by atoms with Gasteiger partial charge in [-0.2, -0.15) is 5.10 Å². The van der Waals surface area contributed by atoms with Crippen molar-refractivity contribution in [2.45, 2.75) is 13.8 Å². The van der Waals surface area contributed by atoms with Crippen molar-refractivity contribution in [3.05, 3.63) is 27.8 Å². The summed E-state index contributed by atoms with van der Waals surface area (Å²) in [6, 6.07) is 1.82. The Morgan fingerprint density at radius 2 is 2.17 bits per heavy atom. The lowest BCUT2D eigenvalue weighted by molar-refractivity contribution is 0.967. The zero-order chi connectivity index (χ0) is 8.72. The molecule has 2 N–H and O–H groups in total. The van der Waals surface area contributed by atoms with Crippen molar-refractivity contribution in [1.29, 1.82) is 0 Å². The van der Waals surface area contributed by atoms with Crippen LogP contribution < -0.4 is 5.56 Å². The van der Waals surface area contributed by atoms with Gasteiger partial charge in [-0.1, -0.05) is 0 Å². The van der Waals surface area contributed by atoms with Crippen LogP contribution in [0.2, 0.25) is 0 Å². The van der Waals surface area contributed by atoms with E-state index in [0.29, 0.717) is 5.39 Å². The van der Waals surface area contributed by atoms with E-state index in [1.54, 1.807) is 0 Å². The lowest BCUT2D eigenvalue weighted by Gasteiger charge is -1.91. The highest BCUT2D eigenvalue weighted by atomic mass is 16.1. The van der Waals surface area contributed by atoms with Crippen LogP contribution in [0.3, 0.4) is 0 Å². The Morgan fingerprint density at radius 1 is 1.42 bits per heavy atom. The molecule has 0 aliphatic heterocycles. The Hall–Kier alpha value is -1.58. The van der Waals surface area contributed by atoms with E-state index in [0.717, 1.165) is 16.9 Å². The summed E-state index contributed by atoms with van der Waals surface area (Å²) < 4.78 is 0. The van der Waals surface area contributed by atoms with Crippen LogP contribution in [0.5, 0.6) is 0 Å². The Labute approximate surface area is 68.6 Å². The fourth-order valence-electron chi connectivity index (χ4n) is 1.30. The molecule has 12 heavy (non-hydrogen) atoms. The van der Waals surface area contributed by atoms with Gasteiger partial charge >= 0.3 is 0 Å². The normalized spacial score (nSPS) is 10.8. The van der Waals surface area contributed by atoms with Crippen LogP contribution >= 0.6 is 0 Å². The van der Waals surface area contributed by atoms with Crippen LogP contribution in [0.4, 0.5) is 0 Å². The Kier molecular flexibility index (Phi) is 1.30. The third kappa shape index (κ3) is 0.845. The summed E-state index contributed by atoms with van der Waals surface area (Å²) in [5.41, 5.74) is 2.49. The van der Waals surface area contributed by atoms with Crippen molar-refractivity contribution in [3.8, 4) is 0 Å². The zero-order valence-corrected chi connectivity index (χ0v) is 6.93. The van der Waals surface area contributed by atoms with Crippen molar-refractivity contribution >= 4 is 10.9 Å². The van der Waals surface area contributed by atoms with Gasteiger partial charge in [0, 0.05) is 5.69 Å². The highest BCUT2D eigenvalue weighted by Gasteiger charge is 2.04. The van der Waals surface area contributed by atoms with Crippen LogP contribution in [0.1, 0.15) is 11.4 Å². The standard InChI is InChI=1S/C8H9N3O/c1-4-3-6-7(9-4)5(2)10-11-8(6)12/h3,9H,1-2H3,(H,11,12). The molecule has 0 atom stereocenters. The van der Waals surface area contributed by atoms with Gasteiger partial charge in [0.1, 0.15) is 0 Å². The number of hydrogen-bond donors (Lipinski definition) is 2. The monoisotopic (exact) mass is 163 g/mol. The highest BCUT2D eigenvalue weighted by Crippen LogP contribution is 2.11. The Bertz CT molecular complexity index is 480. The van der Waals surface area contributed by atoms with Crippen molar-refractivity contribution in [2.24, 2.45) is 0 Å². The van der Waals surface area contributed by atoms with Crippen LogP contribution in [0.15, 0.2) is 10.9 Å². The molecule has 0 saturated heterocycles. The van der Waals surface area contributed by atoms with E-state index in [-0.39, 0.29) is 5.56 Å². The van der Waals surface area contributed by atoms with Gasteiger partial charge < -0.3 is 4.98 Å². The summed E-state index contributed by atoms with van der Waals surface area (Å²) in [4.78, 5) is 14.3. The van der Waals surface area contributed by atoms with E-state index in [9.17, 15) is 4.79 Å². The molecule has 62 valence electrons. The molecule has 0 aliphatic rings. The van der Waals surface area contributed by atoms with Crippen LogP contribution in [-0.4, -0.2) is 15.2 Å². The molecule has 0 spiro atoms. The highest BCUT2D eigenvalue weighted by molar-refractivity contribution is 5.80. The second-order valence-corrected chi connectivity index (χ2v) is 2.88. The molecule has 2 aromatic rings. The molecule has 0 radical (unpaired) electrons. The summed E-state index contributed by atoms with van der Waals surface area (Å²) in [6.45, 7) is 3.77. The molecule has 2 rings (SSSR count). The maximum absolute atomic E-state index is 11.2. The minimum Gasteiger partial charge on any atom is -0.357 e. The van der Waals surface area contributed by atoms with Gasteiger partial charge in [-0.25, -0.2) is 5.10 Å². The molecule has 0 aliphatic carbocycles. The van der Waals surface area contributed by atoms with Crippen molar-refractivity contribution in [1.82, 2.24) is 15.2 Å². The number of hydrogen-bond acceptors (Lipinski definition) is 2. The molecule has 0 bridgehead atoms. The number of rotatable bonds is 0. The van der Waals surface area contributed by atoms with Crippen LogP contribution in [-0.2, 0) is 0 Å². The quantitative estimate of drug-likeness (QED) is 0.605. The van der Waals surface area contributed by atoms with E-state index in [2.05, 4.69) is 15.2 Å². The van der Waals surface area contributed by atoms with E-state index in [1.165, 1.54) is 0 Å². The fourth-order valence-corrected chi connectivity index (χ4v) is 1.30. The lowest BCUT2D eigenvalue weighted by Crippen LogP contribution is -2.08. The Morgan fingerprint density at radius 3 is 2.83 bits per heavy atom. The first-order valence-corrected chi connectivity index (χ1v) is 3.73. The first-order valence-electron chi connectivity index (χ1n) is 3.73. The SMILES string of the molecule is Cc1cc2c(=O)[nH]nc(C)c2[nH]1. The smallest absolute Gasteiger partial charge is 0.273 e. The molecular formula is C8H9N3O. The molecule has 4 heteroatoms. The van der Waals surface area contributed by atoms with Crippen molar-refractivity contribution in [3.63, 3.8) is 0 Å². The predicted octanol–water partition coefficient (Wildman–Crippen LogP) is 0.868. The van der Waals surface area contributed by atoms with E-state index in [4.69, 9.17) is 0 Å². The number of fused-ring (bicyclic) bond motifs is 1. The second-order valence-electron chi connectivity index (χ2n) is 2.88. The molecular weight excluding hydrogens is 154 g/mol. The minimum absolute atomic E-state index is 0.139. The van der Waals surface area contributed by atoms with Crippen LogP contribution in [0, 0.1) is 13.8 Å². The summed E-state index contributed by atoms with van der Waals surface area (Å²) >= 11 is 0. The average Bonchev–Trinajstić information content (AvgIpc) is 2.41. The third-order valence-corrected chi connectivity index (χ3v) is 1.88. The number of nitrogens with one attached hydrogen (secondary N) is 2. The van der Waals surface area contributed by atoms with Gasteiger partial charge in [0.2, 0.25) is 0 Å². The molecule has 0 aromatic carbocycles. The van der Waals surface area contributed by atoms with Gasteiger partial charge in [-0.05, 0) is 19.9 Å². The largest absolute Gasteiger partial charge is 0.357 e. The second kappa shape index (κ2) is 2.20. The molecule has 4 nitrogen and oxygen atoms in total. The first-order chi connectivity index (χ1) is 5.68. The predicted molar refractivity (Wildman–Crippen MR) is 46.2 cm³/mol. The average molecular weight is 163 g/mol. The maximum Gasteiger partial charge on any atom is 0.273 e. The van der Waals surface area contributed by atoms with Gasteiger partial charge in [-0.15, -0.1) is 0 Å². The van der Waals surface area contributed by atoms with Gasteiger partial charge in [-0.3, -0.25) is 4.79 Å². The lowest BCUT2D eigenvalue weighted by atomic mass is 10.3. The number of H-pyrrole nitrogens is 2. The molecule has 0 saturated carbocycles. The summed E-state index contributed by atoms with van der Waals surface area (Å²) in [6.07, 6.45) is 0. The van der Waals surface area contributed by atoms with Gasteiger partial charge in [0.15, 0.2) is 0 Å². The fraction of sp³-hybridized carbons (Fsp3) is 0.250. The van der Waals surface area contributed by atoms with Crippen molar-refractivity contribution < 1.29 is 0 Å². The first kappa shape index (κ1) is 7.09. The van der Waals surface area contributed by atoms with E-state index >= 15 is 0 Å². The van der Waals surface area contributed by atoms with Crippen LogP contribution in [0.25, 0.3) is 10.9 Å². The van der Waals surface area contributed by atoms with E-state index in [1.807, 2.05) is 19.9 Å². The molecule has 0 fully saturated rings. The molecule has 2 heterocycles.